The van der Waals surface area contributed by atoms with E-state index in [2.05, 4.69) is 15.0 Å². The van der Waals surface area contributed by atoms with E-state index < -0.39 is 0 Å². The van der Waals surface area contributed by atoms with Gasteiger partial charge in [-0.1, -0.05) is 11.6 Å². The number of pyridine rings is 1. The number of nitrogens with two attached hydrogens (primary N) is 1. The molecule has 0 aliphatic heterocycles. The molecule has 0 aromatic carbocycles. The maximum Gasteiger partial charge on any atom is 0.225 e. The molecule has 0 atom stereocenters. The van der Waals surface area contributed by atoms with Crippen LogP contribution >= 0.6 is 23.2 Å². The molecule has 2 aromatic heterocycles. The average Bonchev–Trinajstić information content (AvgIpc) is 2.06. The summed E-state index contributed by atoms with van der Waals surface area (Å²) in [5.41, 5.74) is 6.62. The van der Waals surface area contributed by atoms with Crippen LogP contribution in [-0.2, 0) is 0 Å². The molecule has 0 saturated heterocycles. The zero-order valence-electron chi connectivity index (χ0n) is 6.33. The van der Waals surface area contributed by atoms with E-state index in [9.17, 15) is 0 Å². The van der Waals surface area contributed by atoms with Gasteiger partial charge in [-0.3, -0.25) is 0 Å². The lowest BCUT2D eigenvalue weighted by Gasteiger charge is -1.99. The number of hydrogen-bond acceptors (Lipinski definition) is 4. The molecular weight excluding hydrogens is 211 g/mol. The van der Waals surface area contributed by atoms with Crippen LogP contribution in [-0.4, -0.2) is 15.0 Å². The minimum Gasteiger partial charge on any atom is -0.382 e. The predicted octanol–water partition coefficient (Wildman–Crippen LogP) is 1.91. The predicted molar refractivity (Wildman–Crippen MR) is 51.8 cm³/mol. The maximum absolute atomic E-state index is 5.68. The standard InChI is InChI=1S/C7H4Cl2N4/c8-4-2-1-3-5(12-4)6(10)13-7(9)11-3/h1-2H,(H2,10,11,13). The van der Waals surface area contributed by atoms with Gasteiger partial charge in [-0.05, 0) is 23.7 Å². The van der Waals surface area contributed by atoms with Crippen molar-refractivity contribution in [3.8, 4) is 0 Å². The van der Waals surface area contributed by atoms with E-state index in [0.29, 0.717) is 16.2 Å². The van der Waals surface area contributed by atoms with Gasteiger partial charge in [-0.25, -0.2) is 9.97 Å². The Balaban J connectivity index is 2.87. The number of aromatic nitrogens is 3. The van der Waals surface area contributed by atoms with E-state index in [-0.39, 0.29) is 11.1 Å². The van der Waals surface area contributed by atoms with Gasteiger partial charge in [0.2, 0.25) is 5.28 Å². The Morgan fingerprint density at radius 2 is 1.85 bits per heavy atom. The van der Waals surface area contributed by atoms with Gasteiger partial charge in [0.15, 0.2) is 5.82 Å². The Morgan fingerprint density at radius 1 is 1.08 bits per heavy atom. The van der Waals surface area contributed by atoms with Gasteiger partial charge in [0.25, 0.3) is 0 Å². The molecule has 2 rings (SSSR count). The molecule has 2 N–H and O–H groups in total. The summed E-state index contributed by atoms with van der Waals surface area (Å²) in [6, 6.07) is 3.31. The molecule has 0 spiro atoms. The molecule has 2 heterocycles. The van der Waals surface area contributed by atoms with Crippen LogP contribution in [0.25, 0.3) is 11.0 Å². The smallest absolute Gasteiger partial charge is 0.225 e. The van der Waals surface area contributed by atoms with Gasteiger partial charge in [0.05, 0.1) is 5.52 Å². The second-order valence-corrected chi connectivity index (χ2v) is 3.10. The Kier molecular flexibility index (Phi) is 1.94. The van der Waals surface area contributed by atoms with Crippen molar-refractivity contribution in [1.82, 2.24) is 15.0 Å². The summed E-state index contributed by atoms with van der Waals surface area (Å²) in [5, 5.41) is 0.458. The van der Waals surface area contributed by atoms with Crippen LogP contribution < -0.4 is 5.73 Å². The van der Waals surface area contributed by atoms with Crippen LogP contribution in [0.3, 0.4) is 0 Å². The molecule has 13 heavy (non-hydrogen) atoms. The van der Waals surface area contributed by atoms with Crippen molar-refractivity contribution < 1.29 is 0 Å². The molecule has 0 amide bonds. The lowest BCUT2D eigenvalue weighted by atomic mass is 10.3. The van der Waals surface area contributed by atoms with Gasteiger partial charge in [0, 0.05) is 0 Å². The summed E-state index contributed by atoms with van der Waals surface area (Å²) in [5.74, 6) is 0.234. The number of hydrogen-bond donors (Lipinski definition) is 1. The van der Waals surface area contributed by atoms with Crippen LogP contribution in [0.2, 0.25) is 10.4 Å². The topological polar surface area (TPSA) is 64.7 Å². The molecule has 6 heteroatoms. The van der Waals surface area contributed by atoms with E-state index in [1.165, 1.54) is 0 Å². The van der Waals surface area contributed by atoms with Gasteiger partial charge in [-0.2, -0.15) is 4.98 Å². The molecule has 0 unspecified atom stereocenters. The first-order valence-electron chi connectivity index (χ1n) is 3.42. The van der Waals surface area contributed by atoms with E-state index in [1.807, 2.05) is 0 Å². The number of fused-ring (bicyclic) bond motifs is 1. The number of nitrogen functional groups attached to an aromatic ring is 1. The molecular formula is C7H4Cl2N4. The Morgan fingerprint density at radius 3 is 2.62 bits per heavy atom. The molecule has 0 fully saturated rings. The van der Waals surface area contributed by atoms with E-state index in [4.69, 9.17) is 28.9 Å². The molecule has 2 aromatic rings. The minimum absolute atomic E-state index is 0.106. The van der Waals surface area contributed by atoms with E-state index in [1.54, 1.807) is 12.1 Å². The largest absolute Gasteiger partial charge is 0.382 e. The second kappa shape index (κ2) is 2.97. The summed E-state index contributed by atoms with van der Waals surface area (Å²) in [6.45, 7) is 0. The molecule has 0 saturated carbocycles. The van der Waals surface area contributed by atoms with E-state index >= 15 is 0 Å². The Labute approximate surface area is 83.7 Å². The third-order valence-electron chi connectivity index (χ3n) is 1.51. The first-order valence-corrected chi connectivity index (χ1v) is 4.17. The fourth-order valence-corrected chi connectivity index (χ4v) is 1.31. The summed E-state index contributed by atoms with van der Waals surface area (Å²) in [4.78, 5) is 11.7. The van der Waals surface area contributed by atoms with Crippen molar-refractivity contribution in [3.63, 3.8) is 0 Å². The number of anilines is 1. The zero-order chi connectivity index (χ0) is 9.42. The highest BCUT2D eigenvalue weighted by Gasteiger charge is 2.04. The highest BCUT2D eigenvalue weighted by Crippen LogP contribution is 2.19. The first kappa shape index (κ1) is 8.47. The average molecular weight is 215 g/mol. The van der Waals surface area contributed by atoms with Crippen molar-refractivity contribution in [2.24, 2.45) is 0 Å². The lowest BCUT2D eigenvalue weighted by molar-refractivity contribution is 1.20. The summed E-state index contributed by atoms with van der Waals surface area (Å²) >= 11 is 11.3. The molecule has 0 aliphatic rings. The van der Waals surface area contributed by atoms with Gasteiger partial charge in [0.1, 0.15) is 10.7 Å². The lowest BCUT2D eigenvalue weighted by Crippen LogP contribution is -1.96. The fraction of sp³-hybridized carbons (Fsp3) is 0. The van der Waals surface area contributed by atoms with E-state index in [0.717, 1.165) is 0 Å². The number of nitrogens with zero attached hydrogens (tertiary/aromatic N) is 3. The quantitative estimate of drug-likeness (QED) is 0.538. The highest BCUT2D eigenvalue weighted by molar-refractivity contribution is 6.30. The summed E-state index contributed by atoms with van der Waals surface area (Å²) in [6.07, 6.45) is 0. The van der Waals surface area contributed by atoms with Crippen molar-refractivity contribution in [3.05, 3.63) is 22.6 Å². The Bertz CT molecular complexity index is 471. The first-order chi connectivity index (χ1) is 6.16. The van der Waals surface area contributed by atoms with Crippen molar-refractivity contribution in [2.75, 3.05) is 5.73 Å². The monoisotopic (exact) mass is 214 g/mol. The highest BCUT2D eigenvalue weighted by atomic mass is 35.5. The number of rotatable bonds is 0. The molecule has 4 nitrogen and oxygen atoms in total. The third kappa shape index (κ3) is 1.50. The molecule has 66 valence electrons. The second-order valence-electron chi connectivity index (χ2n) is 2.38. The van der Waals surface area contributed by atoms with Crippen LogP contribution in [0, 0.1) is 0 Å². The van der Waals surface area contributed by atoms with Crippen molar-refractivity contribution in [2.45, 2.75) is 0 Å². The van der Waals surface area contributed by atoms with Crippen LogP contribution in [0.4, 0.5) is 5.82 Å². The molecule has 0 radical (unpaired) electrons. The van der Waals surface area contributed by atoms with Crippen LogP contribution in [0.5, 0.6) is 0 Å². The van der Waals surface area contributed by atoms with Crippen molar-refractivity contribution in [1.29, 1.82) is 0 Å². The van der Waals surface area contributed by atoms with Gasteiger partial charge < -0.3 is 5.73 Å². The van der Waals surface area contributed by atoms with Crippen LogP contribution in [0.1, 0.15) is 0 Å². The number of halogens is 2. The van der Waals surface area contributed by atoms with Crippen molar-refractivity contribution >= 4 is 40.1 Å². The fourth-order valence-electron chi connectivity index (χ4n) is 0.983. The summed E-state index contributed by atoms with van der Waals surface area (Å²) < 4.78 is 0. The summed E-state index contributed by atoms with van der Waals surface area (Å²) in [7, 11) is 0. The normalized spacial score (nSPS) is 10.6. The minimum atomic E-state index is 0.106. The molecule has 0 bridgehead atoms. The van der Waals surface area contributed by atoms with Gasteiger partial charge in [-0.15, -0.1) is 0 Å². The zero-order valence-corrected chi connectivity index (χ0v) is 7.84. The third-order valence-corrected chi connectivity index (χ3v) is 1.89. The Hall–Kier alpha value is -1.13. The maximum atomic E-state index is 5.68. The molecule has 0 aliphatic carbocycles. The SMILES string of the molecule is Nc1nc(Cl)nc2ccc(Cl)nc12. The van der Waals surface area contributed by atoms with Crippen LogP contribution in [0.15, 0.2) is 12.1 Å². The van der Waals surface area contributed by atoms with Gasteiger partial charge >= 0.3 is 0 Å².